The fraction of sp³-hybridized carbons (Fsp3) is 0.357. The zero-order chi connectivity index (χ0) is 16.3. The predicted molar refractivity (Wildman–Crippen MR) is 84.6 cm³/mol. The van der Waals surface area contributed by atoms with Crippen LogP contribution in [-0.4, -0.2) is 20.8 Å². The van der Waals surface area contributed by atoms with Crippen molar-refractivity contribution in [2.24, 2.45) is 4.40 Å². The van der Waals surface area contributed by atoms with Gasteiger partial charge in [0.25, 0.3) is 0 Å². The van der Waals surface area contributed by atoms with Gasteiger partial charge in [-0.3, -0.25) is 0 Å². The fourth-order valence-electron chi connectivity index (χ4n) is 1.15. The maximum atomic E-state index is 12.9. The van der Waals surface area contributed by atoms with Crippen molar-refractivity contribution in [3.63, 3.8) is 0 Å². The van der Waals surface area contributed by atoms with Gasteiger partial charge in [-0.15, -0.1) is 0 Å². The minimum absolute atomic E-state index is 0.594. The molecule has 0 bridgehead atoms. The molecule has 2 nitrogen and oxygen atoms in total. The average molecular weight is 382 g/mol. The molecule has 0 aromatic heterocycles. The maximum Gasteiger partial charge on any atom is 0.434 e. The second-order valence-corrected chi connectivity index (χ2v) is 8.04. The molecule has 1 unspecified atom stereocenters. The van der Waals surface area contributed by atoms with E-state index in [0.717, 1.165) is 10.5 Å². The molecule has 0 amide bonds. The van der Waals surface area contributed by atoms with Crippen molar-refractivity contribution in [1.29, 1.82) is 0 Å². The van der Waals surface area contributed by atoms with Gasteiger partial charge in [-0.1, -0.05) is 34.1 Å². The number of rotatable bonds is 3. The van der Waals surface area contributed by atoms with E-state index in [4.69, 9.17) is 0 Å². The largest absolute Gasteiger partial charge is 0.434 e. The predicted octanol–water partition coefficient (Wildman–Crippen LogP) is 4.93. The Balaban J connectivity index is 3.08. The summed E-state index contributed by atoms with van der Waals surface area (Å²) in [6, 6.07) is 6.76. The highest BCUT2D eigenvalue weighted by Crippen LogP contribution is 2.22. The molecule has 0 aliphatic heterocycles. The van der Waals surface area contributed by atoms with Crippen molar-refractivity contribution in [2.45, 2.75) is 31.7 Å². The Labute approximate surface area is 132 Å². The van der Waals surface area contributed by atoms with E-state index in [1.165, 1.54) is 6.08 Å². The van der Waals surface area contributed by atoms with Gasteiger partial charge in [0.1, 0.15) is 11.0 Å². The van der Waals surface area contributed by atoms with Crippen LogP contribution in [0.25, 0.3) is 6.08 Å². The first-order valence-corrected chi connectivity index (χ1v) is 7.91. The number of halogens is 4. The highest BCUT2D eigenvalue weighted by Gasteiger charge is 2.35. The van der Waals surface area contributed by atoms with E-state index in [1.807, 2.05) is 0 Å². The number of alkyl halides is 3. The second-order valence-electron chi connectivity index (χ2n) is 5.22. The van der Waals surface area contributed by atoms with Crippen LogP contribution in [0.5, 0.6) is 0 Å². The Morgan fingerprint density at radius 3 is 2.14 bits per heavy atom. The van der Waals surface area contributed by atoms with Crippen LogP contribution in [0.3, 0.4) is 0 Å². The highest BCUT2D eigenvalue weighted by atomic mass is 79.9. The van der Waals surface area contributed by atoms with E-state index in [0.29, 0.717) is 5.56 Å². The number of hydrogen-bond acceptors (Lipinski definition) is 1. The molecule has 1 rings (SSSR count). The Morgan fingerprint density at radius 1 is 1.19 bits per heavy atom. The molecule has 0 saturated heterocycles. The molecule has 0 radical (unpaired) electrons. The standard InChI is InChI=1S/C14H15BrF3NOS/c1-13(2,3)21(20)19-12(14(16,17)18)9-6-10-4-7-11(15)8-5-10/h4-9H,1-3H3/b9-6+,19-12-. The normalized spacial score (nSPS) is 15.5. The Morgan fingerprint density at radius 2 is 1.71 bits per heavy atom. The van der Waals surface area contributed by atoms with Crippen molar-refractivity contribution in [2.75, 3.05) is 0 Å². The summed E-state index contributed by atoms with van der Waals surface area (Å²) in [5, 5.41) is 0. The fourth-order valence-corrected chi connectivity index (χ4v) is 2.03. The molecule has 0 saturated carbocycles. The first kappa shape index (κ1) is 18.1. The Bertz CT molecular complexity index is 571. The van der Waals surface area contributed by atoms with Crippen LogP contribution >= 0.6 is 15.9 Å². The monoisotopic (exact) mass is 381 g/mol. The summed E-state index contributed by atoms with van der Waals surface area (Å²) < 4.78 is 53.8. The maximum absolute atomic E-state index is 12.9. The third-order valence-corrected chi connectivity index (χ3v) is 4.24. The molecule has 1 aromatic carbocycles. The number of allylic oxidation sites excluding steroid dienone is 1. The van der Waals surface area contributed by atoms with Gasteiger partial charge >= 0.3 is 6.18 Å². The summed E-state index contributed by atoms with van der Waals surface area (Å²) in [4.78, 5) is 0. The van der Waals surface area contributed by atoms with E-state index in [-0.39, 0.29) is 0 Å². The minimum Gasteiger partial charge on any atom is -0.234 e. The summed E-state index contributed by atoms with van der Waals surface area (Å²) in [6.45, 7) is 4.71. The van der Waals surface area contributed by atoms with Crippen LogP contribution < -0.4 is 0 Å². The van der Waals surface area contributed by atoms with Gasteiger partial charge in [0, 0.05) is 4.47 Å². The van der Waals surface area contributed by atoms with Crippen molar-refractivity contribution in [3.05, 3.63) is 40.4 Å². The highest BCUT2D eigenvalue weighted by molar-refractivity contribution is 9.10. The van der Waals surface area contributed by atoms with Crippen molar-refractivity contribution < 1.29 is 17.4 Å². The summed E-state index contributed by atoms with van der Waals surface area (Å²) in [5.74, 6) is 0. The lowest BCUT2D eigenvalue weighted by Crippen LogP contribution is -2.26. The lowest BCUT2D eigenvalue weighted by Gasteiger charge is -2.15. The summed E-state index contributed by atoms with van der Waals surface area (Å²) in [5.41, 5.74) is -0.560. The second kappa shape index (κ2) is 6.87. The Hall–Kier alpha value is -0.950. The quantitative estimate of drug-likeness (QED) is 0.682. The summed E-state index contributed by atoms with van der Waals surface area (Å²) in [6.07, 6.45) is -2.52. The molecule has 1 atom stereocenters. The third kappa shape index (κ3) is 6.13. The van der Waals surface area contributed by atoms with Crippen LogP contribution in [0, 0.1) is 0 Å². The molecule has 0 fully saturated rings. The summed E-state index contributed by atoms with van der Waals surface area (Å²) >= 11 is 3.24. The molecule has 116 valence electrons. The smallest absolute Gasteiger partial charge is 0.234 e. The van der Waals surface area contributed by atoms with Crippen molar-refractivity contribution in [3.8, 4) is 0 Å². The molecule has 7 heteroatoms. The van der Waals surface area contributed by atoms with Crippen LogP contribution in [0.15, 0.2) is 39.2 Å². The molecule has 0 heterocycles. The first-order chi connectivity index (χ1) is 9.50. The van der Waals surface area contributed by atoms with Gasteiger partial charge in [-0.05, 0) is 44.5 Å². The molecule has 21 heavy (non-hydrogen) atoms. The van der Waals surface area contributed by atoms with Gasteiger partial charge < -0.3 is 0 Å². The van der Waals surface area contributed by atoms with E-state index in [1.54, 1.807) is 45.0 Å². The molecule has 0 aliphatic rings. The van der Waals surface area contributed by atoms with Crippen molar-refractivity contribution in [1.82, 2.24) is 0 Å². The number of hydrogen-bond donors (Lipinski definition) is 0. The van der Waals surface area contributed by atoms with Crippen LogP contribution in [0.2, 0.25) is 0 Å². The molecule has 0 N–H and O–H groups in total. The molecule has 0 aliphatic carbocycles. The average Bonchev–Trinajstić information content (AvgIpc) is 2.33. The lowest BCUT2D eigenvalue weighted by atomic mass is 10.2. The Kier molecular flexibility index (Phi) is 5.92. The van der Waals surface area contributed by atoms with Gasteiger partial charge in [-0.2, -0.15) is 17.6 Å². The van der Waals surface area contributed by atoms with E-state index in [9.17, 15) is 17.4 Å². The van der Waals surface area contributed by atoms with E-state index >= 15 is 0 Å². The number of nitrogens with zero attached hydrogens (tertiary/aromatic N) is 1. The van der Waals surface area contributed by atoms with Crippen LogP contribution in [-0.2, 0) is 11.0 Å². The molecule has 0 spiro atoms. The molecule has 1 aromatic rings. The summed E-state index contributed by atoms with van der Waals surface area (Å²) in [7, 11) is -1.97. The number of benzene rings is 1. The third-order valence-electron chi connectivity index (χ3n) is 2.30. The topological polar surface area (TPSA) is 29.4 Å². The zero-order valence-corrected chi connectivity index (χ0v) is 14.1. The van der Waals surface area contributed by atoms with Crippen LogP contribution in [0.4, 0.5) is 13.2 Å². The van der Waals surface area contributed by atoms with Gasteiger partial charge in [0.05, 0.1) is 4.75 Å². The SMILES string of the molecule is CC(C)(C)S(=O)/N=C(/C=C/c1ccc(Br)cc1)C(F)(F)F. The molecular weight excluding hydrogens is 367 g/mol. The van der Waals surface area contributed by atoms with E-state index < -0.39 is 27.6 Å². The zero-order valence-electron chi connectivity index (χ0n) is 11.7. The van der Waals surface area contributed by atoms with Crippen molar-refractivity contribution >= 4 is 38.7 Å². The van der Waals surface area contributed by atoms with Gasteiger partial charge in [0.15, 0.2) is 5.71 Å². The van der Waals surface area contributed by atoms with Gasteiger partial charge in [0.2, 0.25) is 0 Å². The molecular formula is C14H15BrF3NOS. The van der Waals surface area contributed by atoms with E-state index in [2.05, 4.69) is 20.3 Å². The first-order valence-electron chi connectivity index (χ1n) is 6.01. The van der Waals surface area contributed by atoms with Crippen LogP contribution in [0.1, 0.15) is 26.3 Å². The lowest BCUT2D eigenvalue weighted by molar-refractivity contribution is -0.0574. The minimum atomic E-state index is -4.65. The van der Waals surface area contributed by atoms with Gasteiger partial charge in [-0.25, -0.2) is 4.21 Å².